The van der Waals surface area contributed by atoms with Crippen molar-refractivity contribution >= 4 is 10.8 Å². The topological polar surface area (TPSA) is 3.24 Å². The Labute approximate surface area is 120 Å². The van der Waals surface area contributed by atoms with Gasteiger partial charge in [0.15, 0.2) is 0 Å². The van der Waals surface area contributed by atoms with Crippen LogP contribution in [0.3, 0.4) is 0 Å². The highest BCUT2D eigenvalue weighted by Gasteiger charge is 2.63. The van der Waals surface area contributed by atoms with Gasteiger partial charge in [0.1, 0.15) is 0 Å². The van der Waals surface area contributed by atoms with Crippen molar-refractivity contribution in [3.05, 3.63) is 60.3 Å². The molecule has 1 saturated heterocycles. The van der Waals surface area contributed by atoms with E-state index in [1.807, 2.05) is 0 Å². The number of fused-ring (bicyclic) bond motifs is 2. The molecule has 2 fully saturated rings. The molecule has 0 aromatic heterocycles. The second-order valence-electron chi connectivity index (χ2n) is 6.96. The Morgan fingerprint density at radius 2 is 1.90 bits per heavy atom. The van der Waals surface area contributed by atoms with Crippen LogP contribution in [0.4, 0.5) is 0 Å². The molecule has 0 spiro atoms. The van der Waals surface area contributed by atoms with Gasteiger partial charge in [-0.25, -0.2) is 0 Å². The van der Waals surface area contributed by atoms with Crippen LogP contribution in [-0.4, -0.2) is 11.4 Å². The molecular formula is C19H21N. The van der Waals surface area contributed by atoms with E-state index < -0.39 is 0 Å². The lowest BCUT2D eigenvalue weighted by Crippen LogP contribution is -2.23. The summed E-state index contributed by atoms with van der Waals surface area (Å²) in [5, 5.41) is 2.65. The third-order valence-electron chi connectivity index (χ3n) is 5.42. The highest BCUT2D eigenvalue weighted by molar-refractivity contribution is 5.82. The van der Waals surface area contributed by atoms with E-state index in [1.165, 1.54) is 28.6 Å². The van der Waals surface area contributed by atoms with Gasteiger partial charge in [-0.1, -0.05) is 56.8 Å². The maximum atomic E-state index is 4.34. The van der Waals surface area contributed by atoms with Crippen molar-refractivity contribution in [2.24, 2.45) is 17.3 Å². The molecule has 2 aromatic rings. The summed E-state index contributed by atoms with van der Waals surface area (Å²) in [7, 11) is 0. The predicted molar refractivity (Wildman–Crippen MR) is 84.3 cm³/mol. The standard InChI is InChI=1S/C19H21N/c1-13-18-17(19(18,2)3)12-20(13)11-14-8-9-15-6-4-5-7-16(15)10-14/h4-10,17-18H,1,11-12H2,2-3H3. The van der Waals surface area contributed by atoms with Gasteiger partial charge in [0.05, 0.1) is 0 Å². The van der Waals surface area contributed by atoms with Crippen LogP contribution in [0, 0.1) is 17.3 Å². The maximum Gasteiger partial charge on any atom is 0.0426 e. The highest BCUT2D eigenvalue weighted by Crippen LogP contribution is 2.66. The first kappa shape index (κ1) is 12.0. The minimum Gasteiger partial charge on any atom is -0.370 e. The highest BCUT2D eigenvalue weighted by atomic mass is 15.2. The number of hydrogen-bond acceptors (Lipinski definition) is 1. The summed E-state index contributed by atoms with van der Waals surface area (Å²) in [6.45, 7) is 11.3. The van der Waals surface area contributed by atoms with Crippen LogP contribution < -0.4 is 0 Å². The molecular weight excluding hydrogens is 242 g/mol. The van der Waals surface area contributed by atoms with Crippen LogP contribution in [0.5, 0.6) is 0 Å². The molecule has 0 bridgehead atoms. The van der Waals surface area contributed by atoms with Gasteiger partial charge in [-0.15, -0.1) is 0 Å². The second kappa shape index (κ2) is 3.88. The zero-order valence-corrected chi connectivity index (χ0v) is 12.3. The summed E-state index contributed by atoms with van der Waals surface area (Å²) in [5.41, 5.74) is 3.24. The number of nitrogens with zero attached hydrogens (tertiary/aromatic N) is 1. The van der Waals surface area contributed by atoms with E-state index in [2.05, 4.69) is 67.8 Å². The van der Waals surface area contributed by atoms with Crippen molar-refractivity contribution in [2.45, 2.75) is 20.4 Å². The molecule has 1 aliphatic carbocycles. The third-order valence-corrected chi connectivity index (χ3v) is 5.42. The average Bonchev–Trinajstić information content (AvgIpc) is 2.79. The van der Waals surface area contributed by atoms with Crippen LogP contribution in [0.25, 0.3) is 10.8 Å². The van der Waals surface area contributed by atoms with E-state index >= 15 is 0 Å². The first-order valence-corrected chi connectivity index (χ1v) is 7.49. The van der Waals surface area contributed by atoms with Crippen LogP contribution in [-0.2, 0) is 6.54 Å². The smallest absolute Gasteiger partial charge is 0.0426 e. The number of piperidine rings is 1. The quantitative estimate of drug-likeness (QED) is 0.774. The van der Waals surface area contributed by atoms with E-state index in [9.17, 15) is 0 Å². The largest absolute Gasteiger partial charge is 0.370 e. The first-order chi connectivity index (χ1) is 9.57. The minimum absolute atomic E-state index is 0.497. The van der Waals surface area contributed by atoms with Gasteiger partial charge in [-0.2, -0.15) is 0 Å². The van der Waals surface area contributed by atoms with Crippen molar-refractivity contribution in [2.75, 3.05) is 6.54 Å². The van der Waals surface area contributed by atoms with Crippen LogP contribution in [0.1, 0.15) is 19.4 Å². The van der Waals surface area contributed by atoms with Crippen molar-refractivity contribution < 1.29 is 0 Å². The summed E-state index contributed by atoms with van der Waals surface area (Å²) in [6, 6.07) is 15.4. The molecule has 1 nitrogen and oxygen atoms in total. The summed E-state index contributed by atoms with van der Waals surface area (Å²) in [5.74, 6) is 1.55. The fourth-order valence-electron chi connectivity index (χ4n) is 4.02. The van der Waals surface area contributed by atoms with E-state index in [4.69, 9.17) is 0 Å². The Morgan fingerprint density at radius 3 is 2.60 bits per heavy atom. The van der Waals surface area contributed by atoms with E-state index in [-0.39, 0.29) is 0 Å². The molecule has 2 unspecified atom stereocenters. The van der Waals surface area contributed by atoms with Crippen LogP contribution in [0.2, 0.25) is 0 Å². The van der Waals surface area contributed by atoms with Crippen LogP contribution >= 0.6 is 0 Å². The number of rotatable bonds is 2. The first-order valence-electron chi connectivity index (χ1n) is 7.49. The Hall–Kier alpha value is -1.76. The van der Waals surface area contributed by atoms with Gasteiger partial charge >= 0.3 is 0 Å². The molecule has 1 heterocycles. The van der Waals surface area contributed by atoms with E-state index in [1.54, 1.807) is 0 Å². The van der Waals surface area contributed by atoms with Gasteiger partial charge < -0.3 is 4.90 Å². The molecule has 0 amide bonds. The lowest BCUT2D eigenvalue weighted by atomic mass is 10.0. The van der Waals surface area contributed by atoms with Crippen molar-refractivity contribution in [1.29, 1.82) is 0 Å². The minimum atomic E-state index is 0.497. The normalized spacial score (nSPS) is 26.9. The van der Waals surface area contributed by atoms with Gasteiger partial charge in [-0.3, -0.25) is 0 Å². The number of hydrogen-bond donors (Lipinski definition) is 0. The molecule has 2 atom stereocenters. The van der Waals surface area contributed by atoms with Gasteiger partial charge in [0, 0.05) is 24.7 Å². The van der Waals surface area contributed by atoms with Gasteiger partial charge in [0.25, 0.3) is 0 Å². The fourth-order valence-corrected chi connectivity index (χ4v) is 4.02. The van der Waals surface area contributed by atoms with E-state index in [0.717, 1.165) is 18.4 Å². The summed E-state index contributed by atoms with van der Waals surface area (Å²) < 4.78 is 0. The molecule has 20 heavy (non-hydrogen) atoms. The Kier molecular flexibility index (Phi) is 2.33. The number of benzene rings is 2. The molecule has 0 radical (unpaired) electrons. The zero-order valence-electron chi connectivity index (χ0n) is 12.3. The van der Waals surface area contributed by atoms with Gasteiger partial charge in [-0.05, 0) is 33.7 Å². The SMILES string of the molecule is C=C1C2C(CN1Cc1ccc3ccccc3c1)C2(C)C. The summed E-state index contributed by atoms with van der Waals surface area (Å²) in [6.07, 6.45) is 0. The molecule has 102 valence electrons. The zero-order chi connectivity index (χ0) is 13.9. The fraction of sp³-hybridized carbons (Fsp3) is 0.368. The van der Waals surface area contributed by atoms with E-state index in [0.29, 0.717) is 5.41 Å². The Balaban J connectivity index is 1.56. The van der Waals surface area contributed by atoms with Gasteiger partial charge in [0.2, 0.25) is 0 Å². The number of likely N-dealkylation sites (tertiary alicyclic amines) is 1. The molecule has 4 rings (SSSR count). The van der Waals surface area contributed by atoms with Crippen molar-refractivity contribution in [3.63, 3.8) is 0 Å². The van der Waals surface area contributed by atoms with Crippen molar-refractivity contribution in [3.8, 4) is 0 Å². The van der Waals surface area contributed by atoms with Crippen LogP contribution in [0.15, 0.2) is 54.7 Å². The number of allylic oxidation sites excluding steroid dienone is 1. The Morgan fingerprint density at radius 1 is 1.15 bits per heavy atom. The molecule has 1 saturated carbocycles. The molecule has 0 N–H and O–H groups in total. The lowest BCUT2D eigenvalue weighted by Gasteiger charge is -2.26. The summed E-state index contributed by atoms with van der Waals surface area (Å²) in [4.78, 5) is 2.48. The summed E-state index contributed by atoms with van der Waals surface area (Å²) >= 11 is 0. The molecule has 2 aliphatic rings. The van der Waals surface area contributed by atoms with Crippen molar-refractivity contribution in [1.82, 2.24) is 4.90 Å². The second-order valence-corrected chi connectivity index (χ2v) is 6.96. The predicted octanol–water partition coefficient (Wildman–Crippen LogP) is 4.44. The molecule has 1 heteroatoms. The Bertz CT molecular complexity index is 698. The molecule has 2 aromatic carbocycles. The third kappa shape index (κ3) is 1.62. The average molecular weight is 263 g/mol. The molecule has 1 aliphatic heterocycles. The maximum absolute atomic E-state index is 4.34. The lowest BCUT2D eigenvalue weighted by molar-refractivity contribution is 0.305. The monoisotopic (exact) mass is 263 g/mol.